The Morgan fingerprint density at radius 3 is 2.13 bits per heavy atom. The Morgan fingerprint density at radius 2 is 1.50 bits per heavy atom. The number of anilines is 1. The molecule has 0 aliphatic heterocycles. The van der Waals surface area contributed by atoms with Crippen LogP contribution in [0.25, 0.3) is 0 Å². The first kappa shape index (κ1) is 35.2. The molecule has 12 heteroatoms. The Morgan fingerprint density at radius 1 is 0.826 bits per heavy atom. The number of carbonyl (C=O) groups is 2. The van der Waals surface area contributed by atoms with Crippen LogP contribution in [0, 0.1) is 5.82 Å². The smallest absolute Gasteiger partial charge is 0.264 e. The normalized spacial score (nSPS) is 11.9. The topological polar surface area (TPSA) is 86.8 Å². The van der Waals surface area contributed by atoms with Gasteiger partial charge < -0.3 is 10.2 Å². The van der Waals surface area contributed by atoms with Crippen LogP contribution in [-0.4, -0.2) is 44.3 Å². The highest BCUT2D eigenvalue weighted by Gasteiger charge is 2.35. The molecule has 0 radical (unpaired) electrons. The maximum Gasteiger partial charge on any atom is 0.264 e. The minimum Gasteiger partial charge on any atom is -0.354 e. The van der Waals surface area contributed by atoms with Crippen molar-refractivity contribution in [2.75, 3.05) is 17.4 Å². The van der Waals surface area contributed by atoms with E-state index in [9.17, 15) is 22.4 Å². The van der Waals surface area contributed by atoms with E-state index in [0.29, 0.717) is 17.1 Å². The molecular weight excluding hydrogens is 672 g/mol. The van der Waals surface area contributed by atoms with Gasteiger partial charge in [0, 0.05) is 19.5 Å². The van der Waals surface area contributed by atoms with Crippen molar-refractivity contribution in [1.29, 1.82) is 0 Å². The molecule has 0 fully saturated rings. The molecule has 1 N–H and O–H groups in total. The van der Waals surface area contributed by atoms with Crippen LogP contribution in [0.5, 0.6) is 0 Å². The van der Waals surface area contributed by atoms with Crippen molar-refractivity contribution in [3.05, 3.63) is 129 Å². The van der Waals surface area contributed by atoms with Gasteiger partial charge in [-0.3, -0.25) is 13.9 Å². The molecule has 0 spiro atoms. The van der Waals surface area contributed by atoms with Gasteiger partial charge in [0.15, 0.2) is 0 Å². The van der Waals surface area contributed by atoms with Gasteiger partial charge >= 0.3 is 0 Å². The molecule has 242 valence electrons. The second-order valence-corrected chi connectivity index (χ2v) is 13.6. The number of sulfonamides is 1. The lowest BCUT2D eigenvalue weighted by Gasteiger charge is -2.34. The zero-order chi connectivity index (χ0) is 33.3. The summed E-state index contributed by atoms with van der Waals surface area (Å²) in [6.45, 7) is 1.60. The lowest BCUT2D eigenvalue weighted by molar-refractivity contribution is -0.140. The third-order valence-electron chi connectivity index (χ3n) is 7.24. The number of hydrogen-bond donors (Lipinski definition) is 1. The van der Waals surface area contributed by atoms with Crippen molar-refractivity contribution < 1.29 is 22.4 Å². The molecule has 4 aromatic rings. The molecule has 7 nitrogen and oxygen atoms in total. The molecule has 0 heterocycles. The Kier molecular flexibility index (Phi) is 12.5. The molecule has 1 atom stereocenters. The van der Waals surface area contributed by atoms with E-state index < -0.39 is 40.2 Å². The molecule has 0 bridgehead atoms. The number of unbranched alkanes of at least 4 members (excludes halogenated alkanes) is 1. The highest BCUT2D eigenvalue weighted by molar-refractivity contribution is 7.92. The van der Waals surface area contributed by atoms with Crippen LogP contribution in [0.3, 0.4) is 0 Å². The summed E-state index contributed by atoms with van der Waals surface area (Å²) in [4.78, 5) is 29.5. The number of nitrogens with zero attached hydrogens (tertiary/aromatic N) is 2. The number of carbonyl (C=O) groups excluding carboxylic acids is 2. The number of rotatable bonds is 14. The fraction of sp³-hybridized carbons (Fsp3) is 0.235. The number of halogens is 4. The van der Waals surface area contributed by atoms with Crippen LogP contribution in [0.1, 0.15) is 30.9 Å². The van der Waals surface area contributed by atoms with Crippen molar-refractivity contribution in [2.45, 2.75) is 43.7 Å². The molecule has 2 amide bonds. The second-order valence-electron chi connectivity index (χ2n) is 10.5. The molecule has 4 rings (SSSR count). The summed E-state index contributed by atoms with van der Waals surface area (Å²) in [6, 6.07) is 24.0. The van der Waals surface area contributed by atoms with Crippen molar-refractivity contribution >= 4 is 62.3 Å². The predicted octanol–water partition coefficient (Wildman–Crippen LogP) is 7.54. The van der Waals surface area contributed by atoms with Gasteiger partial charge in [-0.25, -0.2) is 12.8 Å². The van der Waals surface area contributed by atoms with Crippen LogP contribution in [0.4, 0.5) is 10.1 Å². The Balaban J connectivity index is 1.81. The second kappa shape index (κ2) is 16.3. The van der Waals surface area contributed by atoms with Crippen LogP contribution >= 0.6 is 34.8 Å². The van der Waals surface area contributed by atoms with E-state index in [1.54, 1.807) is 36.4 Å². The van der Waals surface area contributed by atoms with Crippen molar-refractivity contribution in [1.82, 2.24) is 10.2 Å². The summed E-state index contributed by atoms with van der Waals surface area (Å²) in [5.41, 5.74) is 1.35. The molecule has 1 unspecified atom stereocenters. The standard InChI is InChI=1S/C34H33Cl3FN3O4S/c1-2-3-18-39-34(43)32(20-24-10-6-4-7-11-24)40(22-25-14-16-28(35)29(36)19-25)33(42)23-41(26-15-17-31(38)30(37)21-26)46(44,45)27-12-8-5-9-13-27/h4-17,19,21,32H,2-3,18,20,22-23H2,1H3,(H,39,43). The summed E-state index contributed by atoms with van der Waals surface area (Å²) in [5.74, 6) is -1.83. The average molecular weight is 705 g/mol. The summed E-state index contributed by atoms with van der Waals surface area (Å²) >= 11 is 18.5. The number of nitrogens with one attached hydrogen (secondary N) is 1. The monoisotopic (exact) mass is 703 g/mol. The lowest BCUT2D eigenvalue weighted by Crippen LogP contribution is -2.53. The molecule has 0 aliphatic carbocycles. The first-order valence-corrected chi connectivity index (χ1v) is 17.2. The minimum atomic E-state index is -4.35. The fourth-order valence-corrected chi connectivity index (χ4v) is 6.71. The number of benzene rings is 4. The largest absolute Gasteiger partial charge is 0.354 e. The SMILES string of the molecule is CCCCNC(=O)C(Cc1ccccc1)N(Cc1ccc(Cl)c(Cl)c1)C(=O)CN(c1ccc(F)c(Cl)c1)S(=O)(=O)c1ccccc1. The molecular formula is C34H33Cl3FN3O4S. The van der Waals surface area contributed by atoms with Gasteiger partial charge in [-0.05, 0) is 60.0 Å². The number of amides is 2. The van der Waals surface area contributed by atoms with E-state index >= 15 is 0 Å². The summed E-state index contributed by atoms with van der Waals surface area (Å²) in [5, 5.41) is 3.18. The number of hydrogen-bond acceptors (Lipinski definition) is 4. The van der Waals surface area contributed by atoms with E-state index in [-0.39, 0.29) is 33.6 Å². The first-order chi connectivity index (χ1) is 22.0. The molecule has 0 aliphatic rings. The van der Waals surface area contributed by atoms with E-state index in [2.05, 4.69) is 5.32 Å². The lowest BCUT2D eigenvalue weighted by atomic mass is 10.0. The summed E-state index contributed by atoms with van der Waals surface area (Å²) in [7, 11) is -4.35. The van der Waals surface area contributed by atoms with Crippen molar-refractivity contribution in [2.24, 2.45) is 0 Å². The fourth-order valence-electron chi connectivity index (χ4n) is 4.78. The van der Waals surface area contributed by atoms with E-state index in [0.717, 1.165) is 34.8 Å². The van der Waals surface area contributed by atoms with Crippen LogP contribution < -0.4 is 9.62 Å². The maximum absolute atomic E-state index is 14.5. The zero-order valence-electron chi connectivity index (χ0n) is 25.0. The quantitative estimate of drug-likeness (QED) is 0.138. The Bertz CT molecular complexity index is 1760. The first-order valence-electron chi connectivity index (χ1n) is 14.6. The van der Waals surface area contributed by atoms with E-state index in [1.165, 1.54) is 23.1 Å². The Labute approximate surface area is 283 Å². The van der Waals surface area contributed by atoms with Gasteiger partial charge in [-0.2, -0.15) is 0 Å². The maximum atomic E-state index is 14.5. The molecule has 0 aromatic heterocycles. The van der Waals surface area contributed by atoms with Gasteiger partial charge in [0.05, 0.1) is 25.7 Å². The molecule has 0 saturated heterocycles. The minimum absolute atomic E-state index is 0.0231. The van der Waals surface area contributed by atoms with E-state index in [1.807, 2.05) is 37.3 Å². The highest BCUT2D eigenvalue weighted by atomic mass is 35.5. The molecule has 4 aromatic carbocycles. The van der Waals surface area contributed by atoms with Crippen molar-refractivity contribution in [3.8, 4) is 0 Å². The molecule has 0 saturated carbocycles. The van der Waals surface area contributed by atoms with Gasteiger partial charge in [0.25, 0.3) is 10.0 Å². The third kappa shape index (κ3) is 9.00. The van der Waals surface area contributed by atoms with Crippen molar-refractivity contribution in [3.63, 3.8) is 0 Å². The van der Waals surface area contributed by atoms with Crippen LogP contribution in [0.15, 0.2) is 102 Å². The van der Waals surface area contributed by atoms with Gasteiger partial charge in [0.2, 0.25) is 11.8 Å². The van der Waals surface area contributed by atoms with Crippen LogP contribution in [-0.2, 0) is 32.6 Å². The Hall–Kier alpha value is -3.63. The van der Waals surface area contributed by atoms with Crippen LogP contribution in [0.2, 0.25) is 15.1 Å². The third-order valence-corrected chi connectivity index (χ3v) is 10.1. The molecule has 46 heavy (non-hydrogen) atoms. The van der Waals surface area contributed by atoms with E-state index in [4.69, 9.17) is 34.8 Å². The van der Waals surface area contributed by atoms with Gasteiger partial charge in [0.1, 0.15) is 18.4 Å². The summed E-state index contributed by atoms with van der Waals surface area (Å²) in [6.07, 6.45) is 1.74. The van der Waals surface area contributed by atoms with Gasteiger partial charge in [-0.1, -0.05) is 103 Å². The average Bonchev–Trinajstić information content (AvgIpc) is 3.05. The predicted molar refractivity (Wildman–Crippen MR) is 181 cm³/mol. The highest BCUT2D eigenvalue weighted by Crippen LogP contribution is 2.29. The summed E-state index contributed by atoms with van der Waals surface area (Å²) < 4.78 is 43.0. The van der Waals surface area contributed by atoms with Gasteiger partial charge in [-0.15, -0.1) is 0 Å². The zero-order valence-corrected chi connectivity index (χ0v) is 28.1.